The minimum atomic E-state index is -0.137. The Morgan fingerprint density at radius 3 is 2.67 bits per heavy atom. The second kappa shape index (κ2) is 9.89. The molecule has 4 rings (SSSR count). The summed E-state index contributed by atoms with van der Waals surface area (Å²) in [6.45, 7) is 9.36. The molecule has 2 aromatic carbocycles. The second-order valence-corrected chi connectivity index (χ2v) is 9.76. The summed E-state index contributed by atoms with van der Waals surface area (Å²) in [7, 11) is 0. The maximum Gasteiger partial charge on any atom is 0.252 e. The van der Waals surface area contributed by atoms with Gasteiger partial charge in [-0.2, -0.15) is 5.10 Å². The Labute approximate surface area is 203 Å². The van der Waals surface area contributed by atoms with Gasteiger partial charge >= 0.3 is 0 Å². The highest BCUT2D eigenvalue weighted by atomic mass is 35.5. The van der Waals surface area contributed by atoms with Crippen LogP contribution < -0.4 is 4.90 Å². The molecule has 1 amide bonds. The first-order valence-corrected chi connectivity index (χ1v) is 12.2. The van der Waals surface area contributed by atoms with E-state index in [1.165, 1.54) is 16.9 Å². The maximum absolute atomic E-state index is 13.4. The van der Waals surface area contributed by atoms with Crippen molar-refractivity contribution in [2.75, 3.05) is 11.4 Å². The van der Waals surface area contributed by atoms with Gasteiger partial charge in [0.25, 0.3) is 5.91 Å². The molecule has 0 bridgehead atoms. The SMILES string of the molecule is Cc1cc(C)n(CCN(C(=O)C=Cc2ccccc2Cl)c2nc3c(C(C)C)cccc3s2)n1. The number of hydrogen-bond donors (Lipinski definition) is 0. The fourth-order valence-corrected chi connectivity index (χ4v) is 5.03. The molecule has 170 valence electrons. The molecule has 0 aliphatic heterocycles. The Morgan fingerprint density at radius 1 is 1.18 bits per heavy atom. The number of para-hydroxylation sites is 1. The number of carbonyl (C=O) groups is 1. The van der Waals surface area contributed by atoms with Gasteiger partial charge in [-0.05, 0) is 55.2 Å². The van der Waals surface area contributed by atoms with Gasteiger partial charge < -0.3 is 0 Å². The van der Waals surface area contributed by atoms with Crippen LogP contribution >= 0.6 is 22.9 Å². The first-order chi connectivity index (χ1) is 15.8. The number of rotatable bonds is 7. The molecular formula is C26H27ClN4OS. The summed E-state index contributed by atoms with van der Waals surface area (Å²) < 4.78 is 3.01. The zero-order chi connectivity index (χ0) is 23.5. The van der Waals surface area contributed by atoms with Crippen LogP contribution in [0.2, 0.25) is 5.02 Å². The van der Waals surface area contributed by atoms with E-state index >= 15 is 0 Å². The molecule has 0 saturated carbocycles. The van der Waals surface area contributed by atoms with Crippen LogP contribution in [0.4, 0.5) is 5.13 Å². The molecule has 0 unspecified atom stereocenters. The van der Waals surface area contributed by atoms with E-state index in [0.29, 0.717) is 29.2 Å². The summed E-state index contributed by atoms with van der Waals surface area (Å²) in [5, 5.41) is 5.84. The summed E-state index contributed by atoms with van der Waals surface area (Å²) in [6.07, 6.45) is 3.33. The number of aromatic nitrogens is 3. The van der Waals surface area contributed by atoms with E-state index in [-0.39, 0.29) is 5.91 Å². The Morgan fingerprint density at radius 2 is 1.97 bits per heavy atom. The van der Waals surface area contributed by atoms with E-state index in [4.69, 9.17) is 16.6 Å². The topological polar surface area (TPSA) is 51.0 Å². The van der Waals surface area contributed by atoms with Crippen LogP contribution in [0.15, 0.2) is 54.6 Å². The first kappa shape index (κ1) is 23.2. The van der Waals surface area contributed by atoms with Gasteiger partial charge in [-0.15, -0.1) is 0 Å². The van der Waals surface area contributed by atoms with Crippen LogP contribution in [0.3, 0.4) is 0 Å². The predicted molar refractivity (Wildman–Crippen MR) is 138 cm³/mol. The summed E-state index contributed by atoms with van der Waals surface area (Å²) in [6, 6.07) is 15.7. The molecule has 0 N–H and O–H groups in total. The zero-order valence-electron chi connectivity index (χ0n) is 19.2. The maximum atomic E-state index is 13.4. The third-order valence-electron chi connectivity index (χ3n) is 5.51. The molecule has 33 heavy (non-hydrogen) atoms. The molecular weight excluding hydrogens is 452 g/mol. The average molecular weight is 479 g/mol. The van der Waals surface area contributed by atoms with Gasteiger partial charge in [0.05, 0.1) is 22.5 Å². The third kappa shape index (κ3) is 5.18. The summed E-state index contributed by atoms with van der Waals surface area (Å²) in [5.41, 5.74) is 4.99. The van der Waals surface area contributed by atoms with Gasteiger partial charge in [-0.3, -0.25) is 14.4 Å². The van der Waals surface area contributed by atoms with Crippen LogP contribution in [0.5, 0.6) is 0 Å². The molecule has 0 radical (unpaired) electrons. The summed E-state index contributed by atoms with van der Waals surface area (Å²) in [5.74, 6) is 0.212. The van der Waals surface area contributed by atoms with Crippen molar-refractivity contribution in [2.24, 2.45) is 0 Å². The average Bonchev–Trinajstić information content (AvgIpc) is 3.35. The third-order valence-corrected chi connectivity index (χ3v) is 6.90. The Hall–Kier alpha value is -2.96. The van der Waals surface area contributed by atoms with Gasteiger partial charge in [0.1, 0.15) is 0 Å². The second-order valence-electron chi connectivity index (χ2n) is 8.34. The van der Waals surface area contributed by atoms with Crippen LogP contribution in [-0.4, -0.2) is 27.2 Å². The molecule has 5 nitrogen and oxygen atoms in total. The van der Waals surface area contributed by atoms with Gasteiger partial charge in [-0.25, -0.2) is 4.98 Å². The zero-order valence-corrected chi connectivity index (χ0v) is 20.8. The highest BCUT2D eigenvalue weighted by Gasteiger charge is 2.20. The van der Waals surface area contributed by atoms with E-state index in [1.54, 1.807) is 17.1 Å². The van der Waals surface area contributed by atoms with Crippen molar-refractivity contribution in [2.45, 2.75) is 40.2 Å². The number of anilines is 1. The summed E-state index contributed by atoms with van der Waals surface area (Å²) >= 11 is 7.81. The minimum absolute atomic E-state index is 0.137. The molecule has 0 aliphatic rings. The van der Waals surface area contributed by atoms with Crippen LogP contribution in [0.1, 0.15) is 42.3 Å². The van der Waals surface area contributed by atoms with Crippen molar-refractivity contribution in [3.05, 3.63) is 82.1 Å². The molecule has 2 heterocycles. The van der Waals surface area contributed by atoms with Gasteiger partial charge in [0.15, 0.2) is 5.13 Å². The van der Waals surface area contributed by atoms with E-state index in [2.05, 4.69) is 37.1 Å². The molecule has 0 aliphatic carbocycles. The van der Waals surface area contributed by atoms with E-state index in [0.717, 1.165) is 27.2 Å². The highest BCUT2D eigenvalue weighted by Crippen LogP contribution is 2.33. The van der Waals surface area contributed by atoms with E-state index < -0.39 is 0 Å². The number of amides is 1. The number of fused-ring (bicyclic) bond motifs is 1. The van der Waals surface area contributed by atoms with Crippen LogP contribution in [0, 0.1) is 13.8 Å². The van der Waals surface area contributed by atoms with Gasteiger partial charge in [0, 0.05) is 23.3 Å². The van der Waals surface area contributed by atoms with Crippen LogP contribution in [-0.2, 0) is 11.3 Å². The molecule has 4 aromatic rings. The first-order valence-electron chi connectivity index (χ1n) is 11.0. The number of halogens is 1. The lowest BCUT2D eigenvalue weighted by molar-refractivity contribution is -0.114. The number of aryl methyl sites for hydroxylation is 2. The lowest BCUT2D eigenvalue weighted by Crippen LogP contribution is -2.33. The molecule has 0 fully saturated rings. The number of benzene rings is 2. The molecule has 0 spiro atoms. The van der Waals surface area contributed by atoms with Crippen molar-refractivity contribution < 1.29 is 4.79 Å². The smallest absolute Gasteiger partial charge is 0.252 e. The monoisotopic (exact) mass is 478 g/mol. The van der Waals surface area contributed by atoms with Gasteiger partial charge in [0.2, 0.25) is 0 Å². The van der Waals surface area contributed by atoms with Crippen molar-refractivity contribution in [3.8, 4) is 0 Å². The van der Waals surface area contributed by atoms with E-state index in [1.807, 2.05) is 48.9 Å². The Bertz CT molecular complexity index is 1320. The largest absolute Gasteiger partial charge is 0.283 e. The van der Waals surface area contributed by atoms with Crippen molar-refractivity contribution in [1.29, 1.82) is 0 Å². The lowest BCUT2D eigenvalue weighted by atomic mass is 10.0. The van der Waals surface area contributed by atoms with E-state index in [9.17, 15) is 4.79 Å². The normalized spacial score (nSPS) is 11.7. The van der Waals surface area contributed by atoms with Crippen LogP contribution in [0.25, 0.3) is 16.3 Å². The lowest BCUT2D eigenvalue weighted by Gasteiger charge is -2.18. The standard InChI is InChI=1S/C26H27ClN4OS/c1-17(2)21-9-7-11-23-25(21)28-26(33-23)30(14-15-31-19(4)16-18(3)29-31)24(32)13-12-20-8-5-6-10-22(20)27/h5-13,16-17H,14-15H2,1-4H3. The van der Waals surface area contributed by atoms with Crippen molar-refractivity contribution in [1.82, 2.24) is 14.8 Å². The predicted octanol–water partition coefficient (Wildman–Crippen LogP) is 6.63. The number of nitrogens with zero attached hydrogens (tertiary/aromatic N) is 4. The van der Waals surface area contributed by atoms with Crippen molar-refractivity contribution in [3.63, 3.8) is 0 Å². The number of thiazole rings is 1. The fourth-order valence-electron chi connectivity index (χ4n) is 3.80. The minimum Gasteiger partial charge on any atom is -0.283 e. The fraction of sp³-hybridized carbons (Fsp3) is 0.269. The number of carbonyl (C=O) groups excluding carboxylic acids is 1. The highest BCUT2D eigenvalue weighted by molar-refractivity contribution is 7.22. The molecule has 7 heteroatoms. The quantitative estimate of drug-likeness (QED) is 0.280. The van der Waals surface area contributed by atoms with Crippen molar-refractivity contribution >= 4 is 50.3 Å². The molecule has 0 atom stereocenters. The molecule has 0 saturated heterocycles. The Kier molecular flexibility index (Phi) is 6.96. The number of hydrogen-bond acceptors (Lipinski definition) is 4. The Balaban J connectivity index is 1.68. The molecule has 2 aromatic heterocycles. The van der Waals surface area contributed by atoms with Gasteiger partial charge in [-0.1, -0.05) is 67.1 Å². The summed E-state index contributed by atoms with van der Waals surface area (Å²) in [4.78, 5) is 20.0.